The number of hydrogen-bond acceptors (Lipinski definition) is 3. The van der Waals surface area contributed by atoms with Crippen LogP contribution in [0.3, 0.4) is 0 Å². The van der Waals surface area contributed by atoms with Crippen molar-refractivity contribution in [2.75, 3.05) is 6.61 Å². The van der Waals surface area contributed by atoms with E-state index in [1.807, 2.05) is 51.1 Å². The van der Waals surface area contributed by atoms with E-state index in [4.69, 9.17) is 4.74 Å². The Morgan fingerprint density at radius 3 is 2.40 bits per heavy atom. The van der Waals surface area contributed by atoms with Crippen molar-refractivity contribution in [3.8, 4) is 0 Å². The van der Waals surface area contributed by atoms with Crippen molar-refractivity contribution in [2.24, 2.45) is 11.8 Å². The number of benzene rings is 1. The summed E-state index contributed by atoms with van der Waals surface area (Å²) in [6, 6.07) is 9.16. The Labute approximate surface area is 120 Å². The van der Waals surface area contributed by atoms with Crippen LogP contribution in [0.5, 0.6) is 0 Å². The van der Waals surface area contributed by atoms with E-state index < -0.39 is 0 Å². The molecule has 1 aliphatic rings. The molecule has 1 amide bonds. The summed E-state index contributed by atoms with van der Waals surface area (Å²) in [5, 5.41) is 12.4. The highest BCUT2D eigenvalue weighted by Gasteiger charge is 2.41. The molecule has 0 radical (unpaired) electrons. The molecule has 0 aliphatic carbocycles. The summed E-state index contributed by atoms with van der Waals surface area (Å²) in [7, 11) is 0. The van der Waals surface area contributed by atoms with Gasteiger partial charge in [0.25, 0.3) is 0 Å². The molecule has 5 atom stereocenters. The first-order valence-electron chi connectivity index (χ1n) is 7.16. The summed E-state index contributed by atoms with van der Waals surface area (Å²) < 4.78 is 5.70. The van der Waals surface area contributed by atoms with Gasteiger partial charge >= 0.3 is 0 Å². The van der Waals surface area contributed by atoms with E-state index in [2.05, 4.69) is 5.32 Å². The summed E-state index contributed by atoms with van der Waals surface area (Å²) in [6.07, 6.45) is 0.000156. The van der Waals surface area contributed by atoms with Crippen molar-refractivity contribution in [3.63, 3.8) is 0 Å². The second-order valence-electron chi connectivity index (χ2n) is 5.59. The zero-order valence-electron chi connectivity index (χ0n) is 12.2. The Morgan fingerprint density at radius 2 is 1.90 bits per heavy atom. The molecule has 110 valence electrons. The molecule has 4 nitrogen and oxygen atoms in total. The molecule has 1 saturated heterocycles. The van der Waals surface area contributed by atoms with Crippen molar-refractivity contribution in [3.05, 3.63) is 35.9 Å². The maximum atomic E-state index is 12.5. The van der Waals surface area contributed by atoms with Crippen LogP contribution in [0.4, 0.5) is 0 Å². The quantitative estimate of drug-likeness (QED) is 0.883. The highest BCUT2D eigenvalue weighted by atomic mass is 16.5. The topological polar surface area (TPSA) is 58.6 Å². The van der Waals surface area contributed by atoms with Gasteiger partial charge in [0.2, 0.25) is 5.91 Å². The number of amides is 1. The fraction of sp³-hybridized carbons (Fsp3) is 0.562. The fourth-order valence-corrected chi connectivity index (χ4v) is 2.91. The molecule has 1 aromatic carbocycles. The molecule has 0 saturated carbocycles. The maximum Gasteiger partial charge on any atom is 0.226 e. The number of nitrogens with one attached hydrogen (secondary N) is 1. The monoisotopic (exact) mass is 277 g/mol. The third-order valence-electron chi connectivity index (χ3n) is 4.25. The van der Waals surface area contributed by atoms with E-state index in [0.717, 1.165) is 5.56 Å². The molecule has 2 rings (SSSR count). The number of ether oxygens (including phenoxy) is 1. The third-order valence-corrected chi connectivity index (χ3v) is 4.25. The third kappa shape index (κ3) is 3.02. The van der Waals surface area contributed by atoms with Gasteiger partial charge in [0.05, 0.1) is 30.8 Å². The van der Waals surface area contributed by atoms with Crippen LogP contribution in [0.15, 0.2) is 30.3 Å². The molecule has 2 N–H and O–H groups in total. The van der Waals surface area contributed by atoms with Crippen LogP contribution in [0.2, 0.25) is 0 Å². The molecule has 0 aromatic heterocycles. The summed E-state index contributed by atoms with van der Waals surface area (Å²) in [5.74, 6) is -0.0277. The Balaban J connectivity index is 2.07. The molecule has 1 aromatic rings. The SMILES string of the molecule is CC1OC(C)C(C(=O)N[C@H](CO)c2ccccc2)C1C. The summed E-state index contributed by atoms with van der Waals surface area (Å²) >= 11 is 0. The van der Waals surface area contributed by atoms with Crippen molar-refractivity contribution in [1.29, 1.82) is 0 Å². The molecule has 20 heavy (non-hydrogen) atoms. The summed E-state index contributed by atoms with van der Waals surface area (Å²) in [6.45, 7) is 5.85. The van der Waals surface area contributed by atoms with E-state index in [0.29, 0.717) is 0 Å². The van der Waals surface area contributed by atoms with Crippen molar-refractivity contribution in [1.82, 2.24) is 5.32 Å². The van der Waals surface area contributed by atoms with E-state index in [1.165, 1.54) is 0 Å². The molecule has 0 bridgehead atoms. The smallest absolute Gasteiger partial charge is 0.226 e. The fourth-order valence-electron chi connectivity index (χ4n) is 2.91. The van der Waals surface area contributed by atoms with Crippen LogP contribution in [0, 0.1) is 11.8 Å². The number of rotatable bonds is 4. The van der Waals surface area contributed by atoms with Crippen molar-refractivity contribution < 1.29 is 14.6 Å². The molecule has 1 heterocycles. The van der Waals surface area contributed by atoms with Crippen LogP contribution in [-0.4, -0.2) is 29.8 Å². The number of aliphatic hydroxyl groups is 1. The lowest BCUT2D eigenvalue weighted by atomic mass is 9.88. The zero-order chi connectivity index (χ0) is 14.7. The van der Waals surface area contributed by atoms with Gasteiger partial charge in [-0.15, -0.1) is 0 Å². The Hall–Kier alpha value is -1.39. The van der Waals surface area contributed by atoms with Crippen LogP contribution in [0.1, 0.15) is 32.4 Å². The average molecular weight is 277 g/mol. The zero-order valence-corrected chi connectivity index (χ0v) is 12.2. The standard InChI is InChI=1S/C16H23NO3/c1-10-11(2)20-12(3)15(10)16(19)17-14(9-18)13-7-5-4-6-8-13/h4-8,10-12,14-15,18H,9H2,1-3H3,(H,17,19)/t10?,11?,12?,14-,15?/m1/s1. The van der Waals surface area contributed by atoms with Crippen LogP contribution in [0.25, 0.3) is 0 Å². The molecular weight excluding hydrogens is 254 g/mol. The van der Waals surface area contributed by atoms with Gasteiger partial charge in [-0.25, -0.2) is 0 Å². The molecular formula is C16H23NO3. The van der Waals surface area contributed by atoms with Gasteiger partial charge in [0.15, 0.2) is 0 Å². The van der Waals surface area contributed by atoms with Gasteiger partial charge in [0, 0.05) is 0 Å². The minimum absolute atomic E-state index is 0.0442. The normalized spacial score (nSPS) is 31.0. The van der Waals surface area contributed by atoms with Gasteiger partial charge in [0.1, 0.15) is 0 Å². The van der Waals surface area contributed by atoms with Crippen LogP contribution < -0.4 is 5.32 Å². The second kappa shape index (κ2) is 6.37. The Bertz CT molecular complexity index is 448. The van der Waals surface area contributed by atoms with Crippen LogP contribution >= 0.6 is 0 Å². The van der Waals surface area contributed by atoms with Gasteiger partial charge < -0.3 is 15.2 Å². The van der Waals surface area contributed by atoms with E-state index in [9.17, 15) is 9.90 Å². The minimum atomic E-state index is -0.362. The van der Waals surface area contributed by atoms with Crippen LogP contribution in [-0.2, 0) is 9.53 Å². The number of carbonyl (C=O) groups excluding carboxylic acids is 1. The lowest BCUT2D eigenvalue weighted by Gasteiger charge is -2.22. The molecule has 4 unspecified atom stereocenters. The van der Waals surface area contributed by atoms with Gasteiger partial charge in [-0.3, -0.25) is 4.79 Å². The summed E-state index contributed by atoms with van der Waals surface area (Å²) in [5.41, 5.74) is 0.913. The molecule has 0 spiro atoms. The average Bonchev–Trinajstić information content (AvgIpc) is 2.70. The van der Waals surface area contributed by atoms with E-state index in [-0.39, 0.29) is 42.6 Å². The number of aliphatic hydroxyl groups excluding tert-OH is 1. The first-order chi connectivity index (χ1) is 9.54. The highest BCUT2D eigenvalue weighted by Crippen LogP contribution is 2.32. The maximum absolute atomic E-state index is 12.5. The lowest BCUT2D eigenvalue weighted by molar-refractivity contribution is -0.128. The van der Waals surface area contributed by atoms with E-state index >= 15 is 0 Å². The summed E-state index contributed by atoms with van der Waals surface area (Å²) in [4.78, 5) is 12.5. The lowest BCUT2D eigenvalue weighted by Crippen LogP contribution is -2.40. The number of hydrogen-bond donors (Lipinski definition) is 2. The van der Waals surface area contributed by atoms with Crippen molar-refractivity contribution in [2.45, 2.75) is 39.0 Å². The van der Waals surface area contributed by atoms with Crippen molar-refractivity contribution >= 4 is 5.91 Å². The largest absolute Gasteiger partial charge is 0.394 e. The number of carbonyl (C=O) groups is 1. The molecule has 1 fully saturated rings. The molecule has 1 aliphatic heterocycles. The molecule has 4 heteroatoms. The van der Waals surface area contributed by atoms with Gasteiger partial charge in [-0.05, 0) is 25.3 Å². The Kier molecular flexibility index (Phi) is 4.78. The van der Waals surface area contributed by atoms with Gasteiger partial charge in [-0.1, -0.05) is 37.3 Å². The minimum Gasteiger partial charge on any atom is -0.394 e. The predicted molar refractivity (Wildman–Crippen MR) is 77.1 cm³/mol. The highest BCUT2D eigenvalue weighted by molar-refractivity contribution is 5.80. The predicted octanol–water partition coefficient (Wildman–Crippen LogP) is 1.90. The first-order valence-corrected chi connectivity index (χ1v) is 7.16. The first kappa shape index (κ1) is 15.0. The Morgan fingerprint density at radius 1 is 1.25 bits per heavy atom. The van der Waals surface area contributed by atoms with E-state index in [1.54, 1.807) is 0 Å². The van der Waals surface area contributed by atoms with Gasteiger partial charge in [-0.2, -0.15) is 0 Å². The second-order valence-corrected chi connectivity index (χ2v) is 5.59.